The maximum atomic E-state index is 13.4. The first kappa shape index (κ1) is 21.5. The van der Waals surface area contributed by atoms with Crippen molar-refractivity contribution in [2.24, 2.45) is 0 Å². The standard InChI is InChI=1S/C22H23N3O4S2/c1-14-4-9-19(23-15(2)26)21(12-14)31(27,28)25-11-10-18-20(13-25)30-22(24-18)16-5-7-17(29-3)8-6-16/h4-9,12H,10-11,13H2,1-3H3,(H,23,26). The number of methoxy groups -OCH3 is 1. The molecule has 4 rings (SSSR count). The van der Waals surface area contributed by atoms with E-state index in [0.29, 0.717) is 18.7 Å². The van der Waals surface area contributed by atoms with E-state index < -0.39 is 10.0 Å². The Kier molecular flexibility index (Phi) is 5.83. The fraction of sp³-hybridized carbons (Fsp3) is 0.273. The zero-order chi connectivity index (χ0) is 22.2. The highest BCUT2D eigenvalue weighted by atomic mass is 32.2. The molecule has 0 radical (unpaired) electrons. The third-order valence-electron chi connectivity index (χ3n) is 5.10. The average molecular weight is 458 g/mol. The summed E-state index contributed by atoms with van der Waals surface area (Å²) in [4.78, 5) is 17.4. The summed E-state index contributed by atoms with van der Waals surface area (Å²) in [7, 11) is -2.16. The minimum absolute atomic E-state index is 0.117. The van der Waals surface area contributed by atoms with Gasteiger partial charge < -0.3 is 10.1 Å². The molecule has 0 atom stereocenters. The predicted molar refractivity (Wildman–Crippen MR) is 121 cm³/mol. The molecule has 31 heavy (non-hydrogen) atoms. The van der Waals surface area contributed by atoms with Crippen LogP contribution in [0.1, 0.15) is 23.1 Å². The molecule has 1 amide bonds. The van der Waals surface area contributed by atoms with E-state index in [1.807, 2.05) is 31.2 Å². The second-order valence-electron chi connectivity index (χ2n) is 7.39. The number of amides is 1. The second kappa shape index (κ2) is 8.41. The number of hydrogen-bond acceptors (Lipinski definition) is 6. The van der Waals surface area contributed by atoms with Gasteiger partial charge in [-0.15, -0.1) is 11.3 Å². The Morgan fingerprint density at radius 1 is 1.19 bits per heavy atom. The number of aromatic nitrogens is 1. The first-order chi connectivity index (χ1) is 14.8. The van der Waals surface area contributed by atoms with Gasteiger partial charge in [-0.3, -0.25) is 4.79 Å². The molecule has 2 heterocycles. The lowest BCUT2D eigenvalue weighted by molar-refractivity contribution is -0.114. The van der Waals surface area contributed by atoms with Crippen molar-refractivity contribution in [2.75, 3.05) is 19.0 Å². The first-order valence-corrected chi connectivity index (χ1v) is 12.0. The normalized spacial score (nSPS) is 14.2. The summed E-state index contributed by atoms with van der Waals surface area (Å²) in [5, 5.41) is 3.50. The van der Waals surface area contributed by atoms with Crippen LogP contribution in [-0.2, 0) is 27.8 Å². The fourth-order valence-corrected chi connectivity index (χ4v) is 6.36. The molecule has 7 nitrogen and oxygen atoms in total. The Morgan fingerprint density at radius 3 is 2.61 bits per heavy atom. The van der Waals surface area contributed by atoms with Crippen molar-refractivity contribution in [1.82, 2.24) is 9.29 Å². The highest BCUT2D eigenvalue weighted by Gasteiger charge is 2.32. The summed E-state index contributed by atoms with van der Waals surface area (Å²) in [6.45, 7) is 3.80. The third-order valence-corrected chi connectivity index (χ3v) is 8.12. The molecule has 9 heteroatoms. The molecule has 2 aromatic carbocycles. The molecule has 1 N–H and O–H groups in total. The Hall–Kier alpha value is -2.75. The lowest BCUT2D eigenvalue weighted by atomic mass is 10.2. The van der Waals surface area contributed by atoms with Gasteiger partial charge >= 0.3 is 0 Å². The van der Waals surface area contributed by atoms with E-state index in [9.17, 15) is 13.2 Å². The van der Waals surface area contributed by atoms with Gasteiger partial charge in [-0.05, 0) is 48.9 Å². The van der Waals surface area contributed by atoms with Gasteiger partial charge in [0.25, 0.3) is 0 Å². The number of aryl methyl sites for hydroxylation is 1. The average Bonchev–Trinajstić information content (AvgIpc) is 3.18. The van der Waals surface area contributed by atoms with Crippen molar-refractivity contribution in [1.29, 1.82) is 0 Å². The number of sulfonamides is 1. The van der Waals surface area contributed by atoms with Crippen LogP contribution in [0.15, 0.2) is 47.4 Å². The zero-order valence-corrected chi connectivity index (χ0v) is 19.1. The quantitative estimate of drug-likeness (QED) is 0.629. The van der Waals surface area contributed by atoms with E-state index in [0.717, 1.165) is 32.5 Å². The summed E-state index contributed by atoms with van der Waals surface area (Å²) in [6, 6.07) is 12.7. The number of hydrogen-bond donors (Lipinski definition) is 1. The van der Waals surface area contributed by atoms with E-state index >= 15 is 0 Å². The molecule has 162 valence electrons. The highest BCUT2D eigenvalue weighted by molar-refractivity contribution is 7.89. The number of rotatable bonds is 5. The Bertz CT molecular complexity index is 1230. The van der Waals surface area contributed by atoms with E-state index in [4.69, 9.17) is 9.72 Å². The SMILES string of the molecule is COc1ccc(-c2nc3c(s2)CN(S(=O)(=O)c2cc(C)ccc2NC(C)=O)CC3)cc1. The lowest BCUT2D eigenvalue weighted by Gasteiger charge is -2.26. The zero-order valence-electron chi connectivity index (χ0n) is 17.5. The summed E-state index contributed by atoms with van der Waals surface area (Å²) in [5.74, 6) is 0.461. The van der Waals surface area contributed by atoms with Gasteiger partial charge in [-0.2, -0.15) is 4.31 Å². The summed E-state index contributed by atoms with van der Waals surface area (Å²) in [6.07, 6.45) is 0.544. The van der Waals surface area contributed by atoms with Gasteiger partial charge in [-0.25, -0.2) is 13.4 Å². The molecule has 0 spiro atoms. The van der Waals surface area contributed by atoms with Gasteiger partial charge in [0.05, 0.1) is 25.0 Å². The van der Waals surface area contributed by atoms with Crippen LogP contribution >= 0.6 is 11.3 Å². The number of carbonyl (C=O) groups is 1. The molecule has 1 aromatic heterocycles. The number of carbonyl (C=O) groups excluding carboxylic acids is 1. The van der Waals surface area contributed by atoms with Gasteiger partial charge in [0, 0.05) is 30.3 Å². The van der Waals surface area contributed by atoms with E-state index in [1.54, 1.807) is 25.3 Å². The van der Waals surface area contributed by atoms with Crippen LogP contribution in [0.25, 0.3) is 10.6 Å². The van der Waals surface area contributed by atoms with Gasteiger partial charge in [0.1, 0.15) is 15.7 Å². The van der Waals surface area contributed by atoms with Crippen LogP contribution in [0.5, 0.6) is 5.75 Å². The van der Waals surface area contributed by atoms with Crippen molar-refractivity contribution in [3.05, 3.63) is 58.6 Å². The molecule has 3 aromatic rings. The molecule has 0 saturated carbocycles. The minimum Gasteiger partial charge on any atom is -0.497 e. The Morgan fingerprint density at radius 2 is 1.94 bits per heavy atom. The predicted octanol–water partition coefficient (Wildman–Crippen LogP) is 3.83. The van der Waals surface area contributed by atoms with Crippen LogP contribution in [-0.4, -0.2) is 37.3 Å². The molecule has 0 bridgehead atoms. The van der Waals surface area contributed by atoms with Crippen molar-refractivity contribution in [2.45, 2.75) is 31.7 Å². The Balaban J connectivity index is 1.63. The molecule has 0 fully saturated rings. The maximum Gasteiger partial charge on any atom is 0.245 e. The number of anilines is 1. The van der Waals surface area contributed by atoms with Crippen molar-refractivity contribution in [3.8, 4) is 16.3 Å². The highest BCUT2D eigenvalue weighted by Crippen LogP contribution is 2.35. The summed E-state index contributed by atoms with van der Waals surface area (Å²) < 4.78 is 33.6. The van der Waals surface area contributed by atoms with Crippen LogP contribution in [0, 0.1) is 6.92 Å². The molecule has 1 aliphatic heterocycles. The number of nitrogens with zero attached hydrogens (tertiary/aromatic N) is 2. The number of fused-ring (bicyclic) bond motifs is 1. The van der Waals surface area contributed by atoms with Crippen molar-refractivity contribution in [3.63, 3.8) is 0 Å². The number of nitrogens with one attached hydrogen (secondary N) is 1. The van der Waals surface area contributed by atoms with E-state index in [1.165, 1.54) is 22.6 Å². The smallest absolute Gasteiger partial charge is 0.245 e. The summed E-state index contributed by atoms with van der Waals surface area (Å²) in [5.41, 5.74) is 3.02. The minimum atomic E-state index is -3.79. The lowest BCUT2D eigenvalue weighted by Crippen LogP contribution is -2.36. The fourth-order valence-electron chi connectivity index (χ4n) is 3.51. The van der Waals surface area contributed by atoms with E-state index in [2.05, 4.69) is 5.32 Å². The van der Waals surface area contributed by atoms with Gasteiger partial charge in [0.15, 0.2) is 0 Å². The number of ether oxygens (including phenoxy) is 1. The monoisotopic (exact) mass is 457 g/mol. The molecule has 0 saturated heterocycles. The van der Waals surface area contributed by atoms with Crippen molar-refractivity contribution >= 4 is 33.0 Å². The molecular formula is C22H23N3O4S2. The molecule has 0 unspecified atom stereocenters. The third kappa shape index (κ3) is 4.34. The largest absolute Gasteiger partial charge is 0.497 e. The van der Waals surface area contributed by atoms with E-state index in [-0.39, 0.29) is 17.3 Å². The summed E-state index contributed by atoms with van der Waals surface area (Å²) >= 11 is 1.51. The molecule has 0 aliphatic carbocycles. The molecule has 1 aliphatic rings. The number of benzene rings is 2. The van der Waals surface area contributed by atoms with Gasteiger partial charge in [-0.1, -0.05) is 6.07 Å². The van der Waals surface area contributed by atoms with Crippen LogP contribution < -0.4 is 10.1 Å². The number of thiazole rings is 1. The maximum absolute atomic E-state index is 13.4. The topological polar surface area (TPSA) is 88.6 Å². The van der Waals surface area contributed by atoms with Gasteiger partial charge in [0.2, 0.25) is 15.9 Å². The van der Waals surface area contributed by atoms with Crippen molar-refractivity contribution < 1.29 is 17.9 Å². The molecular weight excluding hydrogens is 434 g/mol. The first-order valence-electron chi connectivity index (χ1n) is 9.79. The van der Waals surface area contributed by atoms with Crippen LogP contribution in [0.3, 0.4) is 0 Å². The second-order valence-corrected chi connectivity index (χ2v) is 10.4. The van der Waals surface area contributed by atoms with Crippen LogP contribution in [0.4, 0.5) is 5.69 Å². The van der Waals surface area contributed by atoms with Crippen LogP contribution in [0.2, 0.25) is 0 Å². The Labute approximate surface area is 185 Å².